The maximum Gasteiger partial charge on any atom is 0.343 e. The van der Waals surface area contributed by atoms with Crippen molar-refractivity contribution in [3.05, 3.63) is 101 Å². The number of nitrogens with zero attached hydrogens (tertiary/aromatic N) is 1. The molecule has 0 aliphatic rings. The Kier molecular flexibility index (Phi) is 8.38. The van der Waals surface area contributed by atoms with Crippen LogP contribution in [0.25, 0.3) is 10.8 Å². The molecule has 0 bridgehead atoms. The molecule has 0 spiro atoms. The topological polar surface area (TPSA) is 86.2 Å². The molecule has 37 heavy (non-hydrogen) atoms. The lowest BCUT2D eigenvalue weighted by molar-refractivity contribution is -0.127. The first kappa shape index (κ1) is 25.7. The Morgan fingerprint density at radius 3 is 2.51 bits per heavy atom. The lowest BCUT2D eigenvalue weighted by Crippen LogP contribution is -2.33. The summed E-state index contributed by atoms with van der Waals surface area (Å²) in [5, 5.41) is 6.34. The number of carbonyl (C=O) groups excluding carboxylic acids is 2. The molecular weight excluding hydrogens is 492 g/mol. The van der Waals surface area contributed by atoms with Crippen LogP contribution in [0, 0.1) is 0 Å². The first-order valence-electron chi connectivity index (χ1n) is 11.7. The van der Waals surface area contributed by atoms with E-state index in [0.29, 0.717) is 40.0 Å². The molecule has 0 aliphatic heterocycles. The zero-order valence-electron chi connectivity index (χ0n) is 20.3. The average Bonchev–Trinajstić information content (AvgIpc) is 2.90. The minimum absolute atomic E-state index is 0.304. The van der Waals surface area contributed by atoms with Crippen LogP contribution in [0.3, 0.4) is 0 Å². The van der Waals surface area contributed by atoms with E-state index in [9.17, 15) is 9.59 Å². The molecule has 4 aromatic carbocycles. The van der Waals surface area contributed by atoms with Crippen LogP contribution in [-0.2, 0) is 4.79 Å². The monoisotopic (exact) mass is 516 g/mol. The van der Waals surface area contributed by atoms with E-state index in [0.717, 1.165) is 10.8 Å². The number of ether oxygens (including phenoxy) is 3. The number of fused-ring (bicyclic) bond motifs is 1. The van der Waals surface area contributed by atoms with E-state index in [1.54, 1.807) is 61.5 Å². The largest absolute Gasteiger partial charge is 0.494 e. The number of carbonyl (C=O) groups is 2. The van der Waals surface area contributed by atoms with Crippen molar-refractivity contribution in [3.63, 3.8) is 0 Å². The summed E-state index contributed by atoms with van der Waals surface area (Å²) in [7, 11) is 0. The van der Waals surface area contributed by atoms with E-state index in [-0.39, 0.29) is 0 Å². The average molecular weight is 517 g/mol. The Balaban J connectivity index is 1.51. The highest BCUT2D eigenvalue weighted by atomic mass is 35.5. The predicted molar refractivity (Wildman–Crippen MR) is 144 cm³/mol. The molecule has 7 nitrogen and oxygen atoms in total. The molecule has 0 radical (unpaired) electrons. The lowest BCUT2D eigenvalue weighted by atomic mass is 10.0. The second kappa shape index (κ2) is 12.1. The Hall–Kier alpha value is -4.36. The number of hydrogen-bond donors (Lipinski definition) is 1. The van der Waals surface area contributed by atoms with Gasteiger partial charge < -0.3 is 14.2 Å². The summed E-state index contributed by atoms with van der Waals surface area (Å²) in [6.45, 7) is 4.03. The quantitative estimate of drug-likeness (QED) is 0.127. The van der Waals surface area contributed by atoms with Crippen molar-refractivity contribution in [1.29, 1.82) is 0 Å². The fourth-order valence-corrected chi connectivity index (χ4v) is 3.74. The van der Waals surface area contributed by atoms with Gasteiger partial charge in [-0.25, -0.2) is 10.2 Å². The summed E-state index contributed by atoms with van der Waals surface area (Å²) in [5.41, 5.74) is 3.40. The molecule has 1 unspecified atom stereocenters. The van der Waals surface area contributed by atoms with Gasteiger partial charge in [-0.2, -0.15) is 5.10 Å². The Morgan fingerprint density at radius 1 is 0.973 bits per heavy atom. The van der Waals surface area contributed by atoms with E-state index in [4.69, 9.17) is 25.8 Å². The highest BCUT2D eigenvalue weighted by molar-refractivity contribution is 6.30. The van der Waals surface area contributed by atoms with Gasteiger partial charge in [0.1, 0.15) is 17.2 Å². The molecule has 0 aliphatic carbocycles. The van der Waals surface area contributed by atoms with Gasteiger partial charge in [0, 0.05) is 10.6 Å². The molecule has 0 saturated carbocycles. The van der Waals surface area contributed by atoms with Gasteiger partial charge in [0.25, 0.3) is 5.91 Å². The van der Waals surface area contributed by atoms with Crippen molar-refractivity contribution in [3.8, 4) is 17.2 Å². The summed E-state index contributed by atoms with van der Waals surface area (Å²) >= 11 is 5.97. The molecule has 4 aromatic rings. The highest BCUT2D eigenvalue weighted by Crippen LogP contribution is 2.28. The Labute approximate surface area is 219 Å². The van der Waals surface area contributed by atoms with Crippen molar-refractivity contribution in [1.82, 2.24) is 5.43 Å². The number of nitrogens with one attached hydrogen (secondary N) is 1. The van der Waals surface area contributed by atoms with E-state index < -0.39 is 18.0 Å². The Bertz CT molecular complexity index is 1440. The molecule has 188 valence electrons. The first-order valence-corrected chi connectivity index (χ1v) is 12.0. The summed E-state index contributed by atoms with van der Waals surface area (Å²) in [5.74, 6) is 0.460. The lowest BCUT2D eigenvalue weighted by Gasteiger charge is -2.13. The van der Waals surface area contributed by atoms with Gasteiger partial charge in [-0.1, -0.05) is 48.0 Å². The van der Waals surface area contributed by atoms with Crippen LogP contribution in [-0.4, -0.2) is 30.8 Å². The maximum atomic E-state index is 12.8. The van der Waals surface area contributed by atoms with E-state index >= 15 is 0 Å². The fraction of sp³-hybridized carbons (Fsp3) is 0.138. The second-order valence-electron chi connectivity index (χ2n) is 8.00. The minimum atomic E-state index is -0.819. The number of halogens is 1. The SMILES string of the molecule is CCOc1ccc(C(=O)Oc2ccc3ccccc3c2C=NNC(=O)C(C)Oc2cccc(Cl)c2)cc1. The molecule has 0 aromatic heterocycles. The first-order chi connectivity index (χ1) is 17.9. The van der Waals surface area contributed by atoms with Crippen molar-refractivity contribution in [2.45, 2.75) is 20.0 Å². The van der Waals surface area contributed by atoms with Gasteiger partial charge in [0.2, 0.25) is 0 Å². The third-order valence-corrected chi connectivity index (χ3v) is 5.62. The zero-order valence-corrected chi connectivity index (χ0v) is 21.1. The van der Waals surface area contributed by atoms with Crippen LogP contribution in [0.15, 0.2) is 90.0 Å². The van der Waals surface area contributed by atoms with Gasteiger partial charge in [-0.3, -0.25) is 4.79 Å². The molecule has 0 heterocycles. The molecule has 0 fully saturated rings. The second-order valence-corrected chi connectivity index (χ2v) is 8.43. The van der Waals surface area contributed by atoms with Crippen LogP contribution in [0.5, 0.6) is 17.2 Å². The van der Waals surface area contributed by atoms with Crippen molar-refractivity contribution in [2.75, 3.05) is 6.61 Å². The molecule has 1 atom stereocenters. The molecule has 1 N–H and O–H groups in total. The zero-order chi connectivity index (χ0) is 26.2. The van der Waals surface area contributed by atoms with Gasteiger partial charge in [0.15, 0.2) is 6.10 Å². The molecule has 1 amide bonds. The van der Waals surface area contributed by atoms with Crippen LogP contribution in [0.1, 0.15) is 29.8 Å². The van der Waals surface area contributed by atoms with E-state index in [1.165, 1.54) is 6.21 Å². The van der Waals surface area contributed by atoms with Crippen LogP contribution in [0.2, 0.25) is 5.02 Å². The maximum absolute atomic E-state index is 12.8. The molecule has 8 heteroatoms. The summed E-state index contributed by atoms with van der Waals surface area (Å²) in [6.07, 6.45) is 0.632. The van der Waals surface area contributed by atoms with E-state index in [1.807, 2.05) is 37.3 Å². The minimum Gasteiger partial charge on any atom is -0.494 e. The van der Waals surface area contributed by atoms with Crippen molar-refractivity contribution < 1.29 is 23.8 Å². The fourth-order valence-electron chi connectivity index (χ4n) is 3.56. The van der Waals surface area contributed by atoms with Gasteiger partial charge in [-0.05, 0) is 73.2 Å². The molecular formula is C29H25ClN2O5. The third kappa shape index (κ3) is 6.65. The van der Waals surface area contributed by atoms with Crippen molar-refractivity contribution >= 4 is 40.5 Å². The predicted octanol–water partition coefficient (Wildman–Crippen LogP) is 6.03. The smallest absolute Gasteiger partial charge is 0.343 e. The van der Waals surface area contributed by atoms with Crippen molar-refractivity contribution in [2.24, 2.45) is 5.10 Å². The molecule has 0 saturated heterocycles. The number of rotatable bonds is 9. The van der Waals surface area contributed by atoms with Crippen LogP contribution in [0.4, 0.5) is 0 Å². The van der Waals surface area contributed by atoms with Gasteiger partial charge >= 0.3 is 5.97 Å². The Morgan fingerprint density at radius 2 is 1.76 bits per heavy atom. The van der Waals surface area contributed by atoms with E-state index in [2.05, 4.69) is 10.5 Å². The number of esters is 1. The number of benzene rings is 4. The van der Waals surface area contributed by atoms with Crippen LogP contribution >= 0.6 is 11.6 Å². The summed E-state index contributed by atoms with van der Waals surface area (Å²) in [6, 6.07) is 24.6. The standard InChI is InChI=1S/C29H25ClN2O5/c1-3-35-23-14-11-21(12-15-23)29(34)37-27-16-13-20-7-4-5-10-25(20)26(27)18-31-32-28(33)19(2)36-24-9-6-8-22(30)17-24/h4-19H,3H2,1-2H3,(H,32,33). The third-order valence-electron chi connectivity index (χ3n) is 5.38. The number of hydrazone groups is 1. The summed E-state index contributed by atoms with van der Waals surface area (Å²) in [4.78, 5) is 25.4. The van der Waals surface area contributed by atoms with Crippen LogP contribution < -0.4 is 19.6 Å². The van der Waals surface area contributed by atoms with Gasteiger partial charge in [0.05, 0.1) is 18.4 Å². The normalized spacial score (nSPS) is 11.8. The summed E-state index contributed by atoms with van der Waals surface area (Å²) < 4.78 is 16.8. The van der Waals surface area contributed by atoms with Gasteiger partial charge in [-0.15, -0.1) is 0 Å². The molecule has 4 rings (SSSR count). The highest BCUT2D eigenvalue weighted by Gasteiger charge is 2.16. The number of hydrogen-bond acceptors (Lipinski definition) is 6. The number of amides is 1.